The molecular formula is C42H50Cl2Zr. The Balaban J connectivity index is 0.00000230. The molecule has 0 aliphatic heterocycles. The number of allylic oxidation sites excluding steroid dienone is 4. The summed E-state index contributed by atoms with van der Waals surface area (Å²) in [5.74, 6) is 0. The zero-order chi connectivity index (χ0) is 30.5. The molecule has 0 bridgehead atoms. The van der Waals surface area contributed by atoms with Crippen LogP contribution in [-0.4, -0.2) is 4.21 Å². The minimum atomic E-state index is -4.29. The monoisotopic (exact) mass is 714 g/mol. The number of benzene rings is 4. The molecule has 0 saturated carbocycles. The Morgan fingerprint density at radius 2 is 1.29 bits per heavy atom. The van der Waals surface area contributed by atoms with Crippen molar-refractivity contribution >= 4 is 32.3 Å². The van der Waals surface area contributed by atoms with Gasteiger partial charge in [0, 0.05) is 0 Å². The van der Waals surface area contributed by atoms with E-state index in [-0.39, 0.29) is 35.6 Å². The van der Waals surface area contributed by atoms with Gasteiger partial charge < -0.3 is 0 Å². The molecule has 0 aromatic heterocycles. The van der Waals surface area contributed by atoms with E-state index in [0.29, 0.717) is 0 Å². The van der Waals surface area contributed by atoms with Gasteiger partial charge in [-0.05, 0) is 0 Å². The molecule has 0 unspecified atom stereocenters. The first-order chi connectivity index (χ1) is 20.4. The Morgan fingerprint density at radius 3 is 1.87 bits per heavy atom. The van der Waals surface area contributed by atoms with Gasteiger partial charge in [-0.2, -0.15) is 0 Å². The molecule has 0 nitrogen and oxygen atoms in total. The van der Waals surface area contributed by atoms with Gasteiger partial charge >= 0.3 is 263 Å². The van der Waals surface area contributed by atoms with Crippen LogP contribution in [0.3, 0.4) is 0 Å². The van der Waals surface area contributed by atoms with Crippen molar-refractivity contribution in [3.05, 3.63) is 146 Å². The fourth-order valence-electron chi connectivity index (χ4n) is 7.64. The van der Waals surface area contributed by atoms with E-state index >= 15 is 0 Å². The summed E-state index contributed by atoms with van der Waals surface area (Å²) in [5.41, 5.74) is 11.8. The van der Waals surface area contributed by atoms with Gasteiger partial charge in [0.05, 0.1) is 0 Å². The number of halogens is 2. The summed E-state index contributed by atoms with van der Waals surface area (Å²) >= 11 is -4.29. The van der Waals surface area contributed by atoms with Gasteiger partial charge in [0.25, 0.3) is 0 Å². The molecule has 6 rings (SSSR count). The van der Waals surface area contributed by atoms with Crippen molar-refractivity contribution in [3.8, 4) is 11.1 Å². The molecule has 0 fully saturated rings. The standard InChI is InChI=1S/C21H25.C8H9.C7H7.C5H5.CH2.2ClH.Zr/c1-20(2,3)16-9-7-14-11-15-8-10-17(21(4,5)6)13-19(15)18(14)12-16;1-2-8-6-4-3-5-7-8;1-7-5-3-2-4-6-7;1-2-4-5-3-1;;;;/h7,9-10,12-13H,11H2,1-6H3;3-7H,1-2H2;2-6H,1H2;1-3H,4H2;1H2;2*1H;. The van der Waals surface area contributed by atoms with Crippen molar-refractivity contribution in [3.63, 3.8) is 0 Å². The summed E-state index contributed by atoms with van der Waals surface area (Å²) in [4.78, 5) is 0. The van der Waals surface area contributed by atoms with E-state index in [1.807, 2.05) is 0 Å². The molecule has 45 heavy (non-hydrogen) atoms. The Morgan fingerprint density at radius 1 is 0.689 bits per heavy atom. The van der Waals surface area contributed by atoms with Crippen molar-refractivity contribution in [2.24, 2.45) is 0 Å². The molecule has 4 aromatic rings. The molecule has 236 valence electrons. The fourth-order valence-corrected chi connectivity index (χ4v) is 23.3. The molecule has 0 N–H and O–H groups in total. The molecule has 2 aliphatic rings. The summed E-state index contributed by atoms with van der Waals surface area (Å²) in [7, 11) is 0. The molecular weight excluding hydrogens is 667 g/mol. The van der Waals surface area contributed by atoms with Crippen molar-refractivity contribution < 1.29 is 18.3 Å². The Labute approximate surface area is 285 Å². The van der Waals surface area contributed by atoms with Gasteiger partial charge in [-0.1, -0.05) is 0 Å². The van der Waals surface area contributed by atoms with Crippen LogP contribution >= 0.6 is 24.8 Å². The first-order valence-corrected chi connectivity index (χ1v) is 23.8. The Bertz CT molecular complexity index is 1800. The molecule has 0 spiro atoms. The zero-order valence-electron chi connectivity index (χ0n) is 28.0. The van der Waals surface area contributed by atoms with Crippen LogP contribution in [0.5, 0.6) is 0 Å². The summed E-state index contributed by atoms with van der Waals surface area (Å²) in [6, 6.07) is 34.9. The van der Waals surface area contributed by atoms with Gasteiger partial charge in [0.15, 0.2) is 0 Å². The average molecular weight is 717 g/mol. The summed E-state index contributed by atoms with van der Waals surface area (Å²) in [6.07, 6.45) is 10.3. The Kier molecular flexibility index (Phi) is 10.3. The third-order valence-corrected chi connectivity index (χ3v) is 26.7. The molecule has 2 aliphatic carbocycles. The quantitative estimate of drug-likeness (QED) is 0.157. The van der Waals surface area contributed by atoms with Crippen LogP contribution in [0, 0.1) is 0 Å². The number of fused-ring (bicyclic) bond motifs is 3. The number of rotatable bonds is 7. The van der Waals surface area contributed by atoms with Crippen molar-refractivity contribution in [2.75, 3.05) is 0 Å². The fraction of sp³-hybridized carbons (Fsp3) is 0.310. The number of hydrogen-bond donors (Lipinski definition) is 0. The maximum absolute atomic E-state index is 5.69. The summed E-state index contributed by atoms with van der Waals surface area (Å²) in [6.45, 7) is 14.1. The molecule has 4 aromatic carbocycles. The van der Waals surface area contributed by atoms with E-state index in [4.69, 9.17) is 4.21 Å². The first kappa shape index (κ1) is 35.5. The van der Waals surface area contributed by atoms with Crippen molar-refractivity contribution in [1.29, 1.82) is 0 Å². The van der Waals surface area contributed by atoms with Crippen LogP contribution in [0.1, 0.15) is 81.3 Å². The third-order valence-electron chi connectivity index (χ3n) is 10.4. The maximum atomic E-state index is 5.69. The molecule has 0 atom stereocenters. The topological polar surface area (TPSA) is 0 Å². The SMILES string of the molecule is Cl.Cl.[CH2]=[Zr]([CH2]Cc1ccccc1)([CH2]c1ccccc1)([C]1=CC=CC1)[c]1cc(C(C)(C)C)cc2c1Cc1ccc(C(C)(C)C)cc1-2. The van der Waals surface area contributed by atoms with Crippen LogP contribution < -0.4 is 3.27 Å². The van der Waals surface area contributed by atoms with Crippen molar-refractivity contribution in [1.82, 2.24) is 0 Å². The number of aryl methyl sites for hydroxylation is 1. The third kappa shape index (κ3) is 6.74. The van der Waals surface area contributed by atoms with Crippen molar-refractivity contribution in [2.45, 2.75) is 79.9 Å². The van der Waals surface area contributed by atoms with Crippen LogP contribution in [0.4, 0.5) is 0 Å². The van der Waals surface area contributed by atoms with E-state index in [2.05, 4.69) is 151 Å². The van der Waals surface area contributed by atoms with Gasteiger partial charge in [-0.15, -0.1) is 24.8 Å². The second-order valence-corrected chi connectivity index (χ2v) is 30.0. The molecule has 0 amide bonds. The van der Waals surface area contributed by atoms with E-state index in [1.165, 1.54) is 38.9 Å². The average Bonchev–Trinajstić information content (AvgIpc) is 3.65. The van der Waals surface area contributed by atoms with E-state index < -0.39 is 18.3 Å². The van der Waals surface area contributed by atoms with E-state index in [1.54, 1.807) is 12.1 Å². The molecule has 0 radical (unpaired) electrons. The normalized spacial score (nSPS) is 14.2. The van der Waals surface area contributed by atoms with Gasteiger partial charge in [0.1, 0.15) is 0 Å². The van der Waals surface area contributed by atoms with Crippen LogP contribution in [0.15, 0.2) is 113 Å². The predicted octanol–water partition coefficient (Wildman–Crippen LogP) is 11.1. The first-order valence-electron chi connectivity index (χ1n) is 16.2. The molecule has 3 heteroatoms. The minimum absolute atomic E-state index is 0. The second kappa shape index (κ2) is 13.1. The van der Waals surface area contributed by atoms with Gasteiger partial charge in [0.2, 0.25) is 0 Å². The number of hydrogen-bond acceptors (Lipinski definition) is 0. The second-order valence-electron chi connectivity index (χ2n) is 15.5. The van der Waals surface area contributed by atoms with Crippen LogP contribution in [-0.2, 0) is 46.1 Å². The predicted molar refractivity (Wildman–Crippen MR) is 200 cm³/mol. The molecule has 0 saturated heterocycles. The van der Waals surface area contributed by atoms with Gasteiger partial charge in [-0.25, -0.2) is 0 Å². The van der Waals surface area contributed by atoms with Crippen LogP contribution in [0.25, 0.3) is 11.1 Å². The van der Waals surface area contributed by atoms with Gasteiger partial charge in [-0.3, -0.25) is 0 Å². The molecule has 0 heterocycles. The van der Waals surface area contributed by atoms with Crippen LogP contribution in [0.2, 0.25) is 4.13 Å². The Hall–Kier alpha value is -2.31. The summed E-state index contributed by atoms with van der Waals surface area (Å²) in [5, 5.41) is 0. The summed E-state index contributed by atoms with van der Waals surface area (Å²) < 4.78 is 11.2. The zero-order valence-corrected chi connectivity index (χ0v) is 32.0. The van der Waals surface area contributed by atoms with E-state index in [0.717, 1.165) is 27.5 Å². The van der Waals surface area contributed by atoms with E-state index in [9.17, 15) is 0 Å².